The maximum absolute atomic E-state index is 6.15. The highest BCUT2D eigenvalue weighted by atomic mass is 79.9. The number of rotatable bonds is 11. The molecule has 2 N–H and O–H groups in total. The van der Waals surface area contributed by atoms with Crippen LogP contribution in [0.25, 0.3) is 0 Å². The summed E-state index contributed by atoms with van der Waals surface area (Å²) in [5.74, 6) is 0. The maximum Gasteiger partial charge on any atom is 0.107 e. The first-order valence-corrected chi connectivity index (χ1v) is 9.17. The van der Waals surface area contributed by atoms with Crippen LogP contribution < -0.4 is 5.73 Å². The Morgan fingerprint density at radius 3 is 2.24 bits per heavy atom. The molecule has 1 atom stereocenters. The largest absolute Gasteiger partial charge is 0.380 e. The normalized spacial score (nSPS) is 13.0. The molecule has 0 saturated carbocycles. The van der Waals surface area contributed by atoms with Gasteiger partial charge < -0.3 is 15.2 Å². The summed E-state index contributed by atoms with van der Waals surface area (Å²) in [4.78, 5) is 3.47. The van der Waals surface area contributed by atoms with Gasteiger partial charge in [0.1, 0.15) is 4.34 Å². The van der Waals surface area contributed by atoms with Crippen LogP contribution in [-0.2, 0) is 9.47 Å². The highest BCUT2D eigenvalue weighted by Gasteiger charge is 2.21. The van der Waals surface area contributed by atoms with Gasteiger partial charge in [0.25, 0.3) is 0 Å². The number of thiophene rings is 1. The molecule has 0 fully saturated rings. The average Bonchev–Trinajstić information content (AvgIpc) is 2.79. The monoisotopic (exact) mass is 398 g/mol. The number of ether oxygens (including phenoxy) is 2. The Morgan fingerprint density at radius 2 is 1.86 bits per heavy atom. The Morgan fingerprint density at radius 1 is 1.29 bits per heavy atom. The van der Waals surface area contributed by atoms with Gasteiger partial charge in [-0.1, -0.05) is 11.6 Å². The summed E-state index contributed by atoms with van der Waals surface area (Å²) in [5.41, 5.74) is 6.00. The Hall–Kier alpha value is 0.310. The van der Waals surface area contributed by atoms with Crippen molar-refractivity contribution in [3.8, 4) is 0 Å². The van der Waals surface area contributed by atoms with Crippen molar-refractivity contribution in [2.24, 2.45) is 5.73 Å². The molecule has 0 aliphatic rings. The third-order valence-corrected chi connectivity index (χ3v) is 5.69. The van der Waals surface area contributed by atoms with E-state index in [1.54, 1.807) is 11.3 Å². The molecule has 1 unspecified atom stereocenters. The highest BCUT2D eigenvalue weighted by Crippen LogP contribution is 2.36. The molecular formula is C14H24BrClN2O2S. The van der Waals surface area contributed by atoms with Crippen LogP contribution in [0.1, 0.15) is 24.8 Å². The fraction of sp³-hybridized carbons (Fsp3) is 0.714. The number of nitrogens with zero attached hydrogens (tertiary/aromatic N) is 1. The van der Waals surface area contributed by atoms with Gasteiger partial charge in [-0.3, -0.25) is 4.90 Å². The summed E-state index contributed by atoms with van der Waals surface area (Å²) in [6.07, 6.45) is 0. The van der Waals surface area contributed by atoms with Gasteiger partial charge in [-0.25, -0.2) is 0 Å². The first kappa shape index (κ1) is 19.4. The molecule has 0 bridgehead atoms. The third kappa shape index (κ3) is 6.52. The number of nitrogens with two attached hydrogens (primary N) is 1. The van der Waals surface area contributed by atoms with Crippen molar-refractivity contribution < 1.29 is 9.47 Å². The van der Waals surface area contributed by atoms with E-state index in [9.17, 15) is 0 Å². The number of halogens is 2. The van der Waals surface area contributed by atoms with E-state index in [1.807, 2.05) is 13.8 Å². The fourth-order valence-electron chi connectivity index (χ4n) is 2.05. The first-order valence-electron chi connectivity index (χ1n) is 7.18. The van der Waals surface area contributed by atoms with Gasteiger partial charge in [-0.05, 0) is 35.8 Å². The topological polar surface area (TPSA) is 47.7 Å². The van der Waals surface area contributed by atoms with Crippen molar-refractivity contribution in [2.75, 3.05) is 46.1 Å². The Labute approximate surface area is 144 Å². The van der Waals surface area contributed by atoms with Gasteiger partial charge in [0, 0.05) is 42.2 Å². The van der Waals surface area contributed by atoms with Crippen LogP contribution in [0, 0.1) is 0 Å². The van der Waals surface area contributed by atoms with Crippen LogP contribution in [0.4, 0.5) is 0 Å². The molecule has 4 nitrogen and oxygen atoms in total. The smallest absolute Gasteiger partial charge is 0.107 e. The van der Waals surface area contributed by atoms with Crippen molar-refractivity contribution in [3.63, 3.8) is 0 Å². The van der Waals surface area contributed by atoms with Crippen LogP contribution in [0.3, 0.4) is 0 Å². The Balaban J connectivity index is 2.74. The van der Waals surface area contributed by atoms with E-state index >= 15 is 0 Å². The molecule has 0 saturated heterocycles. The molecule has 1 heterocycles. The van der Waals surface area contributed by atoms with Crippen molar-refractivity contribution in [3.05, 3.63) is 19.8 Å². The molecule has 0 aromatic carbocycles. The van der Waals surface area contributed by atoms with Gasteiger partial charge in [0.05, 0.1) is 19.3 Å². The van der Waals surface area contributed by atoms with E-state index in [4.69, 9.17) is 26.8 Å². The molecule has 7 heteroatoms. The van der Waals surface area contributed by atoms with Crippen molar-refractivity contribution in [2.45, 2.75) is 19.9 Å². The van der Waals surface area contributed by atoms with E-state index in [-0.39, 0.29) is 6.04 Å². The second-order valence-electron chi connectivity index (χ2n) is 4.45. The predicted octanol–water partition coefficient (Wildman–Crippen LogP) is 3.54. The van der Waals surface area contributed by atoms with Crippen LogP contribution in [0.15, 0.2) is 10.5 Å². The van der Waals surface area contributed by atoms with Gasteiger partial charge in [-0.15, -0.1) is 11.3 Å². The molecule has 0 amide bonds. The molecule has 1 rings (SSSR count). The van der Waals surface area contributed by atoms with E-state index in [2.05, 4.69) is 26.9 Å². The van der Waals surface area contributed by atoms with E-state index in [1.165, 1.54) is 4.88 Å². The zero-order valence-corrected chi connectivity index (χ0v) is 15.8. The molecule has 1 aromatic heterocycles. The minimum Gasteiger partial charge on any atom is -0.380 e. The minimum absolute atomic E-state index is 0.139. The van der Waals surface area contributed by atoms with E-state index in [0.717, 1.165) is 35.1 Å². The summed E-state index contributed by atoms with van der Waals surface area (Å²) in [6.45, 7) is 9.04. The Bertz CT molecular complexity index is 377. The highest BCUT2D eigenvalue weighted by molar-refractivity contribution is 9.10. The molecule has 0 radical (unpaired) electrons. The molecule has 122 valence electrons. The minimum atomic E-state index is 0.139. The molecule has 1 aromatic rings. The summed E-state index contributed by atoms with van der Waals surface area (Å²) >= 11 is 11.2. The first-order chi connectivity index (χ1) is 10.1. The molecule has 21 heavy (non-hydrogen) atoms. The lowest BCUT2D eigenvalue weighted by atomic mass is 10.2. The lowest BCUT2D eigenvalue weighted by molar-refractivity contribution is 0.0647. The maximum atomic E-state index is 6.15. The number of hydrogen-bond donors (Lipinski definition) is 1. The molecule has 0 aliphatic carbocycles. The second kappa shape index (κ2) is 10.9. The summed E-state index contributed by atoms with van der Waals surface area (Å²) in [6, 6.07) is 2.19. The predicted molar refractivity (Wildman–Crippen MR) is 93.4 cm³/mol. The lowest BCUT2D eigenvalue weighted by Crippen LogP contribution is -2.38. The standard InChI is InChI=1S/C14H24BrClN2O2S/c1-3-19-7-5-18(6-8-20-4-2)12(10-17)13-9-11(15)14(16)21-13/h9,12H,3-8,10,17H2,1-2H3. The zero-order chi connectivity index (χ0) is 15.7. The molecule has 0 aliphatic heterocycles. The van der Waals surface area contributed by atoms with E-state index in [0.29, 0.717) is 19.8 Å². The number of hydrogen-bond acceptors (Lipinski definition) is 5. The van der Waals surface area contributed by atoms with Crippen LogP contribution in [-0.4, -0.2) is 51.0 Å². The van der Waals surface area contributed by atoms with Gasteiger partial charge >= 0.3 is 0 Å². The van der Waals surface area contributed by atoms with Crippen molar-refractivity contribution >= 4 is 38.9 Å². The van der Waals surface area contributed by atoms with Crippen molar-refractivity contribution in [1.29, 1.82) is 0 Å². The van der Waals surface area contributed by atoms with E-state index < -0.39 is 0 Å². The third-order valence-electron chi connectivity index (χ3n) is 3.11. The van der Waals surface area contributed by atoms with Crippen LogP contribution in [0.2, 0.25) is 4.34 Å². The quantitative estimate of drug-likeness (QED) is 0.578. The second-order valence-corrected chi connectivity index (χ2v) is 6.99. The summed E-state index contributed by atoms with van der Waals surface area (Å²) < 4.78 is 12.6. The fourth-order valence-corrected chi connectivity index (χ4v) is 3.93. The summed E-state index contributed by atoms with van der Waals surface area (Å²) in [5, 5.41) is 0. The average molecular weight is 400 g/mol. The molecule has 0 spiro atoms. The Kier molecular flexibility index (Phi) is 10.1. The van der Waals surface area contributed by atoms with Gasteiger partial charge in [0.2, 0.25) is 0 Å². The lowest BCUT2D eigenvalue weighted by Gasteiger charge is -2.30. The zero-order valence-electron chi connectivity index (χ0n) is 12.6. The van der Waals surface area contributed by atoms with Crippen LogP contribution >= 0.6 is 38.9 Å². The van der Waals surface area contributed by atoms with Gasteiger partial charge in [-0.2, -0.15) is 0 Å². The summed E-state index contributed by atoms with van der Waals surface area (Å²) in [7, 11) is 0. The van der Waals surface area contributed by atoms with Crippen LogP contribution in [0.5, 0.6) is 0 Å². The van der Waals surface area contributed by atoms with Crippen molar-refractivity contribution in [1.82, 2.24) is 4.90 Å². The van der Waals surface area contributed by atoms with Gasteiger partial charge in [0.15, 0.2) is 0 Å². The molecular weight excluding hydrogens is 376 g/mol. The SMILES string of the molecule is CCOCCN(CCOCC)C(CN)c1cc(Br)c(Cl)s1.